The molecule has 0 aliphatic rings. The molecule has 3 N–H and O–H groups in total. The molecule has 0 spiro atoms. The van der Waals surface area contributed by atoms with Gasteiger partial charge in [0, 0.05) is 14.6 Å². The van der Waals surface area contributed by atoms with Gasteiger partial charge >= 0.3 is 12.0 Å². The van der Waals surface area contributed by atoms with Crippen molar-refractivity contribution in [2.24, 2.45) is 0 Å². The Morgan fingerprint density at radius 2 is 1.56 bits per heavy atom. The van der Waals surface area contributed by atoms with E-state index in [0.717, 1.165) is 27.5 Å². The van der Waals surface area contributed by atoms with E-state index in [9.17, 15) is 19.5 Å². The van der Waals surface area contributed by atoms with Gasteiger partial charge in [0.25, 0.3) is 0 Å². The number of hydrogen-bond donors (Lipinski definition) is 3. The summed E-state index contributed by atoms with van der Waals surface area (Å²) in [5.41, 5.74) is 0. The second-order valence-corrected chi connectivity index (χ2v) is 10.9. The summed E-state index contributed by atoms with van der Waals surface area (Å²) in [5, 5.41) is 20.7. The molecule has 0 aromatic carbocycles. The Labute approximate surface area is 211 Å². The highest BCUT2D eigenvalue weighted by molar-refractivity contribution is 7.10. The minimum absolute atomic E-state index is 0.142. The number of carbonyl (C=O) groups excluding carboxylic acids is 2. The van der Waals surface area contributed by atoms with E-state index < -0.39 is 24.1 Å². The van der Waals surface area contributed by atoms with E-state index in [1.54, 1.807) is 33.6 Å². The van der Waals surface area contributed by atoms with Crippen LogP contribution in [-0.4, -0.2) is 34.0 Å². The lowest BCUT2D eigenvalue weighted by Gasteiger charge is -2.28. The molecule has 3 aromatic heterocycles. The average Bonchev–Trinajstić information content (AvgIpc) is 3.59. The molecular weight excluding hydrogens is 490 g/mol. The number of carboxylic acid groups (broad SMARTS) is 1. The van der Waals surface area contributed by atoms with E-state index in [1.807, 2.05) is 53.4 Å². The van der Waals surface area contributed by atoms with Crippen LogP contribution >= 0.6 is 34.0 Å². The molecule has 3 amide bonds. The second-order valence-electron chi connectivity index (χ2n) is 7.83. The van der Waals surface area contributed by atoms with Crippen molar-refractivity contribution in [3.63, 3.8) is 0 Å². The molecule has 3 rings (SSSR count). The first-order valence-corrected chi connectivity index (χ1v) is 13.8. The van der Waals surface area contributed by atoms with Crippen LogP contribution in [0.5, 0.6) is 0 Å². The number of aliphatic carboxylic acids is 1. The zero-order valence-electron chi connectivity index (χ0n) is 18.9. The lowest BCUT2D eigenvalue weighted by molar-refractivity contribution is -0.137. The fraction of sp³-hybridized carbons (Fsp3) is 0.375. The Morgan fingerprint density at radius 3 is 2.06 bits per heavy atom. The maximum absolute atomic E-state index is 13.6. The number of carboxylic acids is 1. The van der Waals surface area contributed by atoms with Crippen molar-refractivity contribution >= 4 is 51.9 Å². The smallest absolute Gasteiger partial charge is 0.315 e. The van der Waals surface area contributed by atoms with Gasteiger partial charge in [-0.05, 0) is 40.8 Å². The van der Waals surface area contributed by atoms with Crippen LogP contribution in [0.2, 0.25) is 0 Å². The third kappa shape index (κ3) is 7.96. The van der Waals surface area contributed by atoms with Gasteiger partial charge in [-0.25, -0.2) is 4.79 Å². The van der Waals surface area contributed by atoms with Crippen LogP contribution in [0.3, 0.4) is 0 Å². The number of nitrogens with zero attached hydrogens (tertiary/aromatic N) is 1. The third-order valence-corrected chi connectivity index (χ3v) is 7.89. The first-order valence-electron chi connectivity index (χ1n) is 11.1. The van der Waals surface area contributed by atoms with Crippen molar-refractivity contribution in [2.75, 3.05) is 0 Å². The molecule has 0 saturated heterocycles. The van der Waals surface area contributed by atoms with Crippen LogP contribution in [0.25, 0.3) is 0 Å². The van der Waals surface area contributed by atoms with Gasteiger partial charge < -0.3 is 20.6 Å². The van der Waals surface area contributed by atoms with Crippen LogP contribution < -0.4 is 10.6 Å². The summed E-state index contributed by atoms with van der Waals surface area (Å²) in [6, 6.07) is 9.62. The van der Waals surface area contributed by atoms with Gasteiger partial charge in [0.05, 0.1) is 25.6 Å². The maximum atomic E-state index is 13.6. The standard InChI is InChI=1S/C24H29N3O4S3/c1-2-3-9-19(25-24(31)26-20(14-22(28)29)21-10-6-13-34-21)23(30)27(15-17-7-4-11-32-17)16-18-8-5-12-33-18/h4-8,10-13,19-20H,2-3,9,14-16H2,1H3,(H,28,29)(H2,25,26,31)/t19-,20?/m0/s1. The molecule has 7 nitrogen and oxygen atoms in total. The van der Waals surface area contributed by atoms with E-state index >= 15 is 0 Å². The lowest BCUT2D eigenvalue weighted by atomic mass is 10.1. The van der Waals surface area contributed by atoms with Crippen molar-refractivity contribution in [2.45, 2.75) is 57.8 Å². The summed E-state index contributed by atoms with van der Waals surface area (Å²) in [6.07, 6.45) is 1.95. The van der Waals surface area contributed by atoms with E-state index in [4.69, 9.17) is 0 Å². The summed E-state index contributed by atoms with van der Waals surface area (Å²) in [7, 11) is 0. The van der Waals surface area contributed by atoms with Gasteiger partial charge in [0.2, 0.25) is 5.91 Å². The molecule has 34 heavy (non-hydrogen) atoms. The topological polar surface area (TPSA) is 98.7 Å². The maximum Gasteiger partial charge on any atom is 0.315 e. The number of hydrogen-bond acceptors (Lipinski definition) is 6. The Hall–Kier alpha value is -2.69. The number of carbonyl (C=O) groups is 3. The molecule has 0 bridgehead atoms. The van der Waals surface area contributed by atoms with Gasteiger partial charge in [-0.3, -0.25) is 9.59 Å². The van der Waals surface area contributed by atoms with Crippen LogP contribution in [0.15, 0.2) is 52.5 Å². The van der Waals surface area contributed by atoms with E-state index in [2.05, 4.69) is 10.6 Å². The SMILES string of the molecule is CCCC[C@H](NC(=O)NC(CC(=O)O)c1cccs1)C(=O)N(Cc1cccs1)Cc1cccs1. The highest BCUT2D eigenvalue weighted by atomic mass is 32.1. The number of nitrogens with one attached hydrogen (secondary N) is 2. The molecule has 0 fully saturated rings. The fourth-order valence-electron chi connectivity index (χ4n) is 3.52. The normalized spacial score (nSPS) is 12.6. The van der Waals surface area contributed by atoms with Crippen molar-refractivity contribution in [3.8, 4) is 0 Å². The molecule has 182 valence electrons. The molecule has 1 unspecified atom stereocenters. The van der Waals surface area contributed by atoms with Crippen molar-refractivity contribution < 1.29 is 19.5 Å². The Morgan fingerprint density at radius 1 is 0.941 bits per heavy atom. The average molecular weight is 520 g/mol. The summed E-state index contributed by atoms with van der Waals surface area (Å²) in [5.74, 6) is -1.15. The number of urea groups is 1. The summed E-state index contributed by atoms with van der Waals surface area (Å²) < 4.78 is 0. The van der Waals surface area contributed by atoms with Gasteiger partial charge in [-0.1, -0.05) is 38.0 Å². The fourth-order valence-corrected chi connectivity index (χ4v) is 5.74. The molecular formula is C24H29N3O4S3. The zero-order valence-corrected chi connectivity index (χ0v) is 21.4. The van der Waals surface area contributed by atoms with Gasteiger partial charge in [0.15, 0.2) is 0 Å². The zero-order chi connectivity index (χ0) is 24.3. The van der Waals surface area contributed by atoms with Crippen LogP contribution in [0.1, 0.15) is 53.3 Å². The molecule has 2 atom stereocenters. The summed E-state index contributed by atoms with van der Waals surface area (Å²) >= 11 is 4.57. The summed E-state index contributed by atoms with van der Waals surface area (Å²) in [4.78, 5) is 42.5. The molecule has 10 heteroatoms. The number of rotatable bonds is 13. The highest BCUT2D eigenvalue weighted by Gasteiger charge is 2.28. The van der Waals surface area contributed by atoms with E-state index in [1.165, 1.54) is 11.3 Å². The van der Waals surface area contributed by atoms with Gasteiger partial charge in [-0.15, -0.1) is 34.0 Å². The monoisotopic (exact) mass is 519 g/mol. The second kappa shape index (κ2) is 13.3. The number of amides is 3. The first kappa shape index (κ1) is 25.9. The van der Waals surface area contributed by atoms with Crippen LogP contribution in [0.4, 0.5) is 4.79 Å². The van der Waals surface area contributed by atoms with E-state index in [-0.39, 0.29) is 12.3 Å². The molecule has 3 heterocycles. The minimum Gasteiger partial charge on any atom is -0.481 e. The van der Waals surface area contributed by atoms with Crippen LogP contribution in [-0.2, 0) is 22.7 Å². The predicted molar refractivity (Wildman–Crippen MR) is 137 cm³/mol. The third-order valence-electron chi connectivity index (χ3n) is 5.19. The lowest BCUT2D eigenvalue weighted by Crippen LogP contribution is -2.51. The van der Waals surface area contributed by atoms with Gasteiger partial charge in [-0.2, -0.15) is 0 Å². The number of unbranched alkanes of at least 4 members (excludes halogenated alkanes) is 1. The van der Waals surface area contributed by atoms with Crippen molar-refractivity contribution in [1.82, 2.24) is 15.5 Å². The van der Waals surface area contributed by atoms with Crippen molar-refractivity contribution in [1.29, 1.82) is 0 Å². The predicted octanol–water partition coefficient (Wildman–Crippen LogP) is 5.47. The molecule has 0 aliphatic carbocycles. The molecule has 0 radical (unpaired) electrons. The van der Waals surface area contributed by atoms with E-state index in [0.29, 0.717) is 19.5 Å². The Kier molecular flexibility index (Phi) is 10.1. The minimum atomic E-state index is -1.00. The van der Waals surface area contributed by atoms with Crippen molar-refractivity contribution in [3.05, 3.63) is 67.2 Å². The van der Waals surface area contributed by atoms with Crippen LogP contribution in [0, 0.1) is 0 Å². The Bertz CT molecular complexity index is 984. The quantitative estimate of drug-likeness (QED) is 0.279. The largest absolute Gasteiger partial charge is 0.481 e. The highest BCUT2D eigenvalue weighted by Crippen LogP contribution is 2.22. The first-order chi connectivity index (χ1) is 16.5. The molecule has 0 aliphatic heterocycles. The Balaban J connectivity index is 1.73. The summed E-state index contributed by atoms with van der Waals surface area (Å²) in [6.45, 7) is 2.98. The van der Waals surface area contributed by atoms with Gasteiger partial charge in [0.1, 0.15) is 6.04 Å². The molecule has 0 saturated carbocycles. The molecule has 3 aromatic rings. The number of thiophene rings is 3.